The lowest BCUT2D eigenvalue weighted by Gasteiger charge is -2.36. The van der Waals surface area contributed by atoms with Crippen LogP contribution in [0.1, 0.15) is 50.7 Å². The van der Waals surface area contributed by atoms with Crippen LogP contribution in [0.3, 0.4) is 0 Å². The molecule has 1 aliphatic rings. The Bertz CT molecular complexity index is 1040. The predicted octanol–water partition coefficient (Wildman–Crippen LogP) is 4.70. The lowest BCUT2D eigenvalue weighted by molar-refractivity contribution is 0.00783. The van der Waals surface area contributed by atoms with Crippen LogP contribution in [0.5, 0.6) is 0 Å². The zero-order chi connectivity index (χ0) is 23.5. The van der Waals surface area contributed by atoms with E-state index in [0.717, 1.165) is 6.26 Å². The Balaban J connectivity index is 2.11. The number of benzene rings is 2. The van der Waals surface area contributed by atoms with Crippen LogP contribution in [0.25, 0.3) is 0 Å². The van der Waals surface area contributed by atoms with E-state index in [-0.39, 0.29) is 0 Å². The van der Waals surface area contributed by atoms with Gasteiger partial charge >= 0.3 is 6.09 Å². The molecule has 1 saturated heterocycles. The van der Waals surface area contributed by atoms with Gasteiger partial charge in [-0.15, -0.1) is 0 Å². The molecule has 8 heteroatoms. The molecule has 3 rings (SSSR count). The van der Waals surface area contributed by atoms with Gasteiger partial charge in [0.1, 0.15) is 17.5 Å². The molecule has 1 aliphatic heterocycles. The van der Waals surface area contributed by atoms with Crippen LogP contribution in [0.2, 0.25) is 0 Å². The smallest absolute Gasteiger partial charge is 0.410 e. The van der Waals surface area contributed by atoms with Crippen molar-refractivity contribution in [2.75, 3.05) is 12.8 Å². The van der Waals surface area contributed by atoms with Gasteiger partial charge < -0.3 is 9.64 Å². The number of amides is 1. The summed E-state index contributed by atoms with van der Waals surface area (Å²) in [6, 6.07) is 14.7. The maximum atomic E-state index is 15.0. The molecule has 0 N–H and O–H groups in total. The molecule has 0 bridgehead atoms. The second-order valence-electron chi connectivity index (χ2n) is 9.06. The van der Waals surface area contributed by atoms with Gasteiger partial charge in [-0.2, -0.15) is 8.42 Å². The average Bonchev–Trinajstić information content (AvgIpc) is 3.17. The van der Waals surface area contributed by atoms with Crippen molar-refractivity contribution in [3.8, 4) is 0 Å². The number of halogens is 1. The van der Waals surface area contributed by atoms with Crippen molar-refractivity contribution in [2.24, 2.45) is 0 Å². The van der Waals surface area contributed by atoms with Crippen LogP contribution in [-0.2, 0) is 19.0 Å². The maximum Gasteiger partial charge on any atom is 0.410 e. The van der Waals surface area contributed by atoms with Crippen molar-refractivity contribution in [1.29, 1.82) is 0 Å². The van der Waals surface area contributed by atoms with Crippen LogP contribution < -0.4 is 0 Å². The Labute approximate surface area is 189 Å². The molecule has 0 spiro atoms. The normalized spacial score (nSPS) is 18.9. The topological polar surface area (TPSA) is 72.9 Å². The minimum absolute atomic E-state index is 0.309. The van der Waals surface area contributed by atoms with E-state index in [2.05, 4.69) is 0 Å². The van der Waals surface area contributed by atoms with E-state index >= 15 is 0 Å². The number of likely N-dealkylation sites (tertiary alicyclic amines) is 1. The molecule has 174 valence electrons. The van der Waals surface area contributed by atoms with Gasteiger partial charge in [-0.25, -0.2) is 9.18 Å². The van der Waals surface area contributed by atoms with E-state index in [1.165, 1.54) is 11.0 Å². The quantitative estimate of drug-likeness (QED) is 0.581. The van der Waals surface area contributed by atoms with E-state index in [9.17, 15) is 17.6 Å². The van der Waals surface area contributed by atoms with Crippen molar-refractivity contribution in [3.05, 3.63) is 71.5 Å². The van der Waals surface area contributed by atoms with Crippen molar-refractivity contribution in [1.82, 2.24) is 4.90 Å². The molecule has 1 fully saturated rings. The summed E-state index contributed by atoms with van der Waals surface area (Å²) in [6.45, 7) is 5.72. The minimum atomic E-state index is -3.92. The Kier molecular flexibility index (Phi) is 7.25. The molecule has 0 aromatic heterocycles. The second kappa shape index (κ2) is 9.58. The first-order valence-electron chi connectivity index (χ1n) is 10.6. The fraction of sp³-hybridized carbons (Fsp3) is 0.458. The molecule has 3 atom stereocenters. The van der Waals surface area contributed by atoms with Crippen molar-refractivity contribution in [3.63, 3.8) is 0 Å². The molecule has 1 heterocycles. The number of hydrogen-bond acceptors (Lipinski definition) is 5. The number of carbonyl (C=O) groups is 1. The maximum absolute atomic E-state index is 15.0. The van der Waals surface area contributed by atoms with Gasteiger partial charge in [0, 0.05) is 12.5 Å². The number of carbonyl (C=O) groups excluding carboxylic acids is 1. The van der Waals surface area contributed by atoms with E-state index in [0.29, 0.717) is 30.5 Å². The molecule has 2 unspecified atom stereocenters. The Morgan fingerprint density at radius 2 is 1.72 bits per heavy atom. The predicted molar refractivity (Wildman–Crippen MR) is 120 cm³/mol. The van der Waals surface area contributed by atoms with E-state index in [1.54, 1.807) is 51.1 Å². The van der Waals surface area contributed by atoms with E-state index < -0.39 is 45.7 Å². The highest BCUT2D eigenvalue weighted by Gasteiger charge is 2.44. The molecule has 0 radical (unpaired) electrons. The first-order chi connectivity index (χ1) is 15.0. The molecule has 0 aliphatic carbocycles. The zero-order valence-electron chi connectivity index (χ0n) is 18.8. The lowest BCUT2D eigenvalue weighted by Crippen LogP contribution is -2.48. The lowest BCUT2D eigenvalue weighted by atomic mass is 9.82. The molecule has 1 amide bonds. The molecule has 0 saturated carbocycles. The van der Waals surface area contributed by atoms with Crippen LogP contribution in [-0.4, -0.2) is 50.0 Å². The number of nitrogens with zero attached hydrogens (tertiary/aromatic N) is 1. The zero-order valence-corrected chi connectivity index (χ0v) is 19.6. The van der Waals surface area contributed by atoms with E-state index in [1.807, 2.05) is 18.2 Å². The number of ether oxygens (including phenoxy) is 1. The Morgan fingerprint density at radius 3 is 2.31 bits per heavy atom. The first kappa shape index (κ1) is 24.2. The molecule has 2 aromatic carbocycles. The van der Waals surface area contributed by atoms with Crippen LogP contribution >= 0.6 is 0 Å². The summed E-state index contributed by atoms with van der Waals surface area (Å²) in [7, 11) is -3.92. The summed E-state index contributed by atoms with van der Waals surface area (Å²) >= 11 is 0. The van der Waals surface area contributed by atoms with Crippen molar-refractivity contribution in [2.45, 2.75) is 57.3 Å². The molecule has 2 aromatic rings. The summed E-state index contributed by atoms with van der Waals surface area (Å²) in [5.74, 6) is -1.22. The first-order valence-corrected chi connectivity index (χ1v) is 12.5. The highest BCUT2D eigenvalue weighted by Crippen LogP contribution is 2.38. The average molecular weight is 464 g/mol. The summed E-state index contributed by atoms with van der Waals surface area (Å²) in [4.78, 5) is 14.4. The minimum Gasteiger partial charge on any atom is -0.444 e. The van der Waals surface area contributed by atoms with Gasteiger partial charge in [0.05, 0.1) is 12.3 Å². The SMILES string of the molecule is CC(C)(C)OC(=O)N1CCC[C@@H]1C(OS(C)(=O)=O)C(c1ccccc1)c1ccccc1F. The third-order valence-electron chi connectivity index (χ3n) is 5.32. The van der Waals surface area contributed by atoms with Crippen molar-refractivity contribution < 1.29 is 26.5 Å². The molecular weight excluding hydrogens is 433 g/mol. The van der Waals surface area contributed by atoms with Gasteiger partial charge in [-0.1, -0.05) is 48.5 Å². The van der Waals surface area contributed by atoms with Crippen LogP contribution in [0, 0.1) is 5.82 Å². The largest absolute Gasteiger partial charge is 0.444 e. The highest BCUT2D eigenvalue weighted by atomic mass is 32.2. The van der Waals surface area contributed by atoms with Crippen LogP contribution in [0.4, 0.5) is 9.18 Å². The highest BCUT2D eigenvalue weighted by molar-refractivity contribution is 7.86. The fourth-order valence-corrected chi connectivity index (χ4v) is 4.80. The van der Waals surface area contributed by atoms with Crippen molar-refractivity contribution >= 4 is 16.2 Å². The molecule has 32 heavy (non-hydrogen) atoms. The summed E-state index contributed by atoms with van der Waals surface area (Å²) in [5, 5.41) is 0. The Hall–Kier alpha value is -2.45. The summed E-state index contributed by atoms with van der Waals surface area (Å²) < 4.78 is 50.8. The second-order valence-corrected chi connectivity index (χ2v) is 10.7. The summed E-state index contributed by atoms with van der Waals surface area (Å²) in [6.07, 6.45) is 0.571. The molecule has 6 nitrogen and oxygen atoms in total. The molecular formula is C24H30FNO5S. The monoisotopic (exact) mass is 463 g/mol. The van der Waals surface area contributed by atoms with E-state index in [4.69, 9.17) is 8.92 Å². The third kappa shape index (κ3) is 6.07. The van der Waals surface area contributed by atoms with Crippen LogP contribution in [0.15, 0.2) is 54.6 Å². The van der Waals surface area contributed by atoms with Gasteiger partial charge in [0.15, 0.2) is 0 Å². The van der Waals surface area contributed by atoms with Gasteiger partial charge in [0.25, 0.3) is 10.1 Å². The standard InChI is InChI=1S/C24H30FNO5S/c1-24(2,3)30-23(27)26-16-10-15-20(26)22(31-32(4,28)29)21(17-11-6-5-7-12-17)18-13-8-9-14-19(18)25/h5-9,11-14,20-22H,10,15-16H2,1-4H3/t20-,21?,22?/m1/s1. The summed E-state index contributed by atoms with van der Waals surface area (Å²) in [5.41, 5.74) is 0.299. The third-order valence-corrected chi connectivity index (χ3v) is 5.89. The Morgan fingerprint density at radius 1 is 1.09 bits per heavy atom. The van der Waals surface area contributed by atoms with Gasteiger partial charge in [-0.3, -0.25) is 4.18 Å². The van der Waals surface area contributed by atoms with Gasteiger partial charge in [-0.05, 0) is 50.8 Å². The van der Waals surface area contributed by atoms with Gasteiger partial charge in [0.2, 0.25) is 0 Å². The fourth-order valence-electron chi connectivity index (χ4n) is 4.16. The number of rotatable bonds is 6. The number of hydrogen-bond donors (Lipinski definition) is 0.